The molecule has 0 unspecified atom stereocenters. The topological polar surface area (TPSA) is 168 Å². The Hall–Kier alpha value is -4.37. The number of hydrogen-bond donors (Lipinski definition) is 2. The Bertz CT molecular complexity index is 1970. The summed E-state index contributed by atoms with van der Waals surface area (Å²) < 4.78 is 31.2. The highest BCUT2D eigenvalue weighted by Crippen LogP contribution is 2.45. The van der Waals surface area contributed by atoms with Crippen molar-refractivity contribution in [2.24, 2.45) is 0 Å². The van der Waals surface area contributed by atoms with E-state index in [2.05, 4.69) is 20.3 Å². The molecule has 6 rings (SSSR count). The van der Waals surface area contributed by atoms with Crippen LogP contribution in [0, 0.1) is 0 Å². The van der Waals surface area contributed by atoms with Crippen LogP contribution >= 0.6 is 23.2 Å². The maximum absolute atomic E-state index is 14.5. The smallest absolute Gasteiger partial charge is 0.325 e. The molecular weight excluding hydrogens is 669 g/mol. The van der Waals surface area contributed by atoms with E-state index < -0.39 is 45.4 Å². The Morgan fingerprint density at radius 3 is 2.36 bits per heavy atom. The Kier molecular flexibility index (Phi) is 8.55. The summed E-state index contributed by atoms with van der Waals surface area (Å²) in [5.74, 6) is -2.41. The van der Waals surface area contributed by atoms with Crippen molar-refractivity contribution in [2.45, 2.75) is 55.8 Å². The van der Waals surface area contributed by atoms with Crippen LogP contribution in [0.2, 0.25) is 10.0 Å². The minimum absolute atomic E-state index is 0.0192. The lowest BCUT2D eigenvalue weighted by atomic mass is 9.91. The number of aliphatic carboxylic acids is 1. The number of carbonyl (C=O) groups excluding carboxylic acids is 2. The third-order valence-corrected chi connectivity index (χ3v) is 10.7. The van der Waals surface area contributed by atoms with E-state index in [0.29, 0.717) is 12.1 Å². The minimum Gasteiger partial charge on any atom is -0.480 e. The number of nitrogens with zero attached hydrogens (tertiary/aromatic N) is 6. The second kappa shape index (κ2) is 12.3. The van der Waals surface area contributed by atoms with Gasteiger partial charge in [0.15, 0.2) is 5.03 Å². The summed E-state index contributed by atoms with van der Waals surface area (Å²) in [6.07, 6.45) is 6.61. The van der Waals surface area contributed by atoms with Crippen LogP contribution < -0.4 is 10.2 Å². The number of carboxylic acid groups (broad SMARTS) is 1. The van der Waals surface area contributed by atoms with Gasteiger partial charge in [-0.2, -0.15) is 4.31 Å². The molecule has 1 saturated heterocycles. The van der Waals surface area contributed by atoms with Crippen LogP contribution in [0.1, 0.15) is 32.3 Å². The predicted octanol–water partition coefficient (Wildman–Crippen LogP) is 4.03. The maximum Gasteiger partial charge on any atom is 0.325 e. The van der Waals surface area contributed by atoms with Crippen molar-refractivity contribution < 1.29 is 27.9 Å². The lowest BCUT2D eigenvalue weighted by molar-refractivity contribution is -0.141. The molecule has 2 aliphatic heterocycles. The molecule has 0 aliphatic carbocycles. The second-order valence-electron chi connectivity index (χ2n) is 11.6. The zero-order valence-electron chi connectivity index (χ0n) is 25.2. The molecule has 16 heteroatoms. The first kappa shape index (κ1) is 32.6. The molecular formula is C31H29Cl2N7O6S. The Morgan fingerprint density at radius 1 is 1.06 bits per heavy atom. The zero-order valence-corrected chi connectivity index (χ0v) is 27.5. The van der Waals surface area contributed by atoms with Gasteiger partial charge in [0.05, 0.1) is 11.9 Å². The molecule has 2 aromatic carbocycles. The largest absolute Gasteiger partial charge is 0.480 e. The predicted molar refractivity (Wildman–Crippen MR) is 173 cm³/mol. The number of halogens is 2. The number of hydrogen-bond acceptors (Lipinski definition) is 8. The first-order chi connectivity index (χ1) is 22.3. The number of fused-ring (bicyclic) bond motifs is 1. The molecule has 4 heterocycles. The van der Waals surface area contributed by atoms with E-state index in [0.717, 1.165) is 21.0 Å². The van der Waals surface area contributed by atoms with Crippen molar-refractivity contribution in [3.8, 4) is 11.1 Å². The van der Waals surface area contributed by atoms with Gasteiger partial charge in [0, 0.05) is 41.0 Å². The number of carbonyl (C=O) groups is 3. The first-order valence-electron chi connectivity index (χ1n) is 14.6. The molecule has 2 amide bonds. The number of anilines is 2. The fourth-order valence-electron chi connectivity index (χ4n) is 6.06. The van der Waals surface area contributed by atoms with Crippen molar-refractivity contribution in [3.63, 3.8) is 0 Å². The third-order valence-electron chi connectivity index (χ3n) is 8.38. The van der Waals surface area contributed by atoms with Crippen molar-refractivity contribution in [1.29, 1.82) is 0 Å². The summed E-state index contributed by atoms with van der Waals surface area (Å²) in [5, 5.41) is 11.9. The average molecular weight is 699 g/mol. The van der Waals surface area contributed by atoms with E-state index in [1.54, 1.807) is 19.3 Å². The van der Waals surface area contributed by atoms with Crippen LogP contribution in [0.25, 0.3) is 11.1 Å². The van der Waals surface area contributed by atoms with Gasteiger partial charge in [0.1, 0.15) is 23.9 Å². The van der Waals surface area contributed by atoms with E-state index in [-0.39, 0.29) is 40.4 Å². The molecule has 2 N–H and O–H groups in total. The number of amides is 2. The van der Waals surface area contributed by atoms with E-state index in [4.69, 9.17) is 23.2 Å². The minimum atomic E-state index is -4.44. The number of aromatic nitrogens is 4. The molecule has 0 saturated carbocycles. The number of nitrogens with one attached hydrogen (secondary N) is 1. The number of benzene rings is 2. The summed E-state index contributed by atoms with van der Waals surface area (Å²) in [5.41, 5.74) is 1.19. The van der Waals surface area contributed by atoms with Crippen LogP contribution in [0.3, 0.4) is 0 Å². The molecule has 2 aliphatic rings. The molecule has 244 valence electrons. The number of carboxylic acids is 1. The molecule has 0 bridgehead atoms. The third kappa shape index (κ3) is 5.86. The monoisotopic (exact) mass is 697 g/mol. The number of rotatable bonds is 9. The lowest BCUT2D eigenvalue weighted by Crippen LogP contribution is -2.50. The Morgan fingerprint density at radius 2 is 1.72 bits per heavy atom. The fraction of sp³-hybridized carbons (Fsp3) is 0.290. The van der Waals surface area contributed by atoms with Gasteiger partial charge in [-0.25, -0.2) is 28.3 Å². The highest BCUT2D eigenvalue weighted by molar-refractivity contribution is 7.89. The SMILES string of the molecule is C[C@H](NC(=O)[C@@H]1CCCN1S(=O)(=O)c1cnc2n1[C@](C)(Cc1ccc(-c3cncnc3)cc1)C(=O)N2c1cc(Cl)cc(Cl)c1)C(=O)O. The van der Waals surface area contributed by atoms with E-state index in [1.165, 1.54) is 47.1 Å². The van der Waals surface area contributed by atoms with Crippen molar-refractivity contribution in [2.75, 3.05) is 11.4 Å². The molecule has 47 heavy (non-hydrogen) atoms. The Balaban J connectivity index is 1.43. The van der Waals surface area contributed by atoms with Crippen LogP contribution in [-0.2, 0) is 36.4 Å². The van der Waals surface area contributed by atoms with Gasteiger partial charge < -0.3 is 10.4 Å². The summed E-state index contributed by atoms with van der Waals surface area (Å²) in [7, 11) is -4.44. The molecule has 0 radical (unpaired) electrons. The lowest BCUT2D eigenvalue weighted by Gasteiger charge is -2.29. The molecule has 3 atom stereocenters. The summed E-state index contributed by atoms with van der Waals surface area (Å²) in [6, 6.07) is 9.63. The fourth-order valence-corrected chi connectivity index (χ4v) is 8.42. The molecule has 13 nitrogen and oxygen atoms in total. The van der Waals surface area contributed by atoms with Gasteiger partial charge in [-0.05, 0) is 56.0 Å². The quantitative estimate of drug-likeness (QED) is 0.262. The van der Waals surface area contributed by atoms with Gasteiger partial charge in [0.25, 0.3) is 15.9 Å². The normalized spacial score (nSPS) is 20.3. The van der Waals surface area contributed by atoms with Gasteiger partial charge >= 0.3 is 5.97 Å². The van der Waals surface area contributed by atoms with E-state index >= 15 is 0 Å². The summed E-state index contributed by atoms with van der Waals surface area (Å²) >= 11 is 12.6. The van der Waals surface area contributed by atoms with Crippen LogP contribution in [0.5, 0.6) is 0 Å². The molecule has 4 aromatic rings. The summed E-state index contributed by atoms with van der Waals surface area (Å²) in [4.78, 5) is 52.7. The van der Waals surface area contributed by atoms with Crippen LogP contribution in [0.4, 0.5) is 11.6 Å². The van der Waals surface area contributed by atoms with Crippen LogP contribution in [-0.4, -0.2) is 73.8 Å². The van der Waals surface area contributed by atoms with Crippen LogP contribution in [0.15, 0.2) is 72.4 Å². The summed E-state index contributed by atoms with van der Waals surface area (Å²) in [6.45, 7) is 2.95. The number of imidazole rings is 1. The van der Waals surface area contributed by atoms with Crippen molar-refractivity contribution >= 4 is 62.6 Å². The second-order valence-corrected chi connectivity index (χ2v) is 14.3. The molecule has 1 fully saturated rings. The van der Waals surface area contributed by atoms with Gasteiger partial charge in [-0.15, -0.1) is 0 Å². The maximum atomic E-state index is 14.5. The molecule has 0 spiro atoms. The van der Waals surface area contributed by atoms with Gasteiger partial charge in [-0.3, -0.25) is 19.0 Å². The standard InChI is InChI=1S/C31H29Cl2N7O6S/c1-18(28(42)43)37-27(41)25-4-3-9-38(25)47(45,46)26-16-36-30-39(24-11-22(32)10-23(33)12-24)29(44)31(2,40(26)30)13-19-5-7-20(8-6-19)21-14-34-17-35-15-21/h5-8,10-12,14-18,25H,3-4,9,13H2,1-2H3,(H,37,41)(H,42,43)/t18-,25-,31+/m0/s1. The van der Waals surface area contributed by atoms with Gasteiger partial charge in [-0.1, -0.05) is 47.5 Å². The molecule has 2 aromatic heterocycles. The highest BCUT2D eigenvalue weighted by Gasteiger charge is 2.53. The Labute approximate surface area is 280 Å². The van der Waals surface area contributed by atoms with Crippen molar-refractivity contribution in [1.82, 2.24) is 29.1 Å². The first-order valence-corrected chi connectivity index (χ1v) is 16.8. The van der Waals surface area contributed by atoms with E-state index in [1.807, 2.05) is 24.3 Å². The highest BCUT2D eigenvalue weighted by atomic mass is 35.5. The average Bonchev–Trinajstić information content (AvgIpc) is 3.75. The van der Waals surface area contributed by atoms with Gasteiger partial charge in [0.2, 0.25) is 11.9 Å². The zero-order chi connectivity index (χ0) is 33.7. The van der Waals surface area contributed by atoms with Crippen molar-refractivity contribution in [3.05, 3.63) is 83.0 Å². The van der Waals surface area contributed by atoms with E-state index in [9.17, 15) is 27.9 Å². The number of sulfonamides is 1.